The third kappa shape index (κ3) is 5.25. The fourth-order valence-electron chi connectivity index (χ4n) is 2.47. The Labute approximate surface area is 158 Å². The highest BCUT2D eigenvalue weighted by Crippen LogP contribution is 2.16. The Morgan fingerprint density at radius 3 is 2.15 bits per heavy atom. The van der Waals surface area contributed by atoms with Crippen LogP contribution >= 0.6 is 0 Å². The van der Waals surface area contributed by atoms with Crippen LogP contribution in [0.5, 0.6) is 5.75 Å². The second kappa shape index (κ2) is 8.77. The van der Waals surface area contributed by atoms with Gasteiger partial charge in [0.1, 0.15) is 18.2 Å². The van der Waals surface area contributed by atoms with Gasteiger partial charge in [0, 0.05) is 5.56 Å². The summed E-state index contributed by atoms with van der Waals surface area (Å²) in [5.74, 6) is 0.228. The van der Waals surface area contributed by atoms with Gasteiger partial charge in [-0.2, -0.15) is 0 Å². The number of allylic oxidation sites excluding steroid dienone is 1. The first-order valence-corrected chi connectivity index (χ1v) is 8.56. The third-order valence-corrected chi connectivity index (χ3v) is 4.06. The van der Waals surface area contributed by atoms with E-state index in [2.05, 4.69) is 6.58 Å². The van der Waals surface area contributed by atoms with Gasteiger partial charge in [-0.1, -0.05) is 55.1 Å². The molecule has 0 fully saturated rings. The van der Waals surface area contributed by atoms with Crippen molar-refractivity contribution in [3.63, 3.8) is 0 Å². The van der Waals surface area contributed by atoms with Crippen LogP contribution in [0.25, 0.3) is 12.2 Å². The minimum atomic E-state index is -0.359. The van der Waals surface area contributed by atoms with Crippen LogP contribution in [0.2, 0.25) is 0 Å². The van der Waals surface area contributed by atoms with E-state index < -0.39 is 0 Å². The second-order valence-electron chi connectivity index (χ2n) is 6.01. The summed E-state index contributed by atoms with van der Waals surface area (Å²) in [7, 11) is 0. The summed E-state index contributed by atoms with van der Waals surface area (Å²) in [4.78, 5) is 12.1. The molecule has 0 radical (unpaired) electrons. The molecule has 3 aromatic rings. The van der Waals surface area contributed by atoms with E-state index in [-0.39, 0.29) is 11.6 Å². The molecule has 0 saturated heterocycles. The quantitative estimate of drug-likeness (QED) is 0.386. The van der Waals surface area contributed by atoms with Crippen molar-refractivity contribution >= 4 is 17.9 Å². The predicted molar refractivity (Wildman–Crippen MR) is 107 cm³/mol. The Hall–Kier alpha value is -3.46. The lowest BCUT2D eigenvalue weighted by atomic mass is 10.1. The number of benzene rings is 3. The fraction of sp³-hybridized carbons (Fsp3) is 0.0417. The predicted octanol–water partition coefficient (Wildman–Crippen LogP) is 5.94. The van der Waals surface area contributed by atoms with Crippen LogP contribution in [-0.4, -0.2) is 5.78 Å². The lowest BCUT2D eigenvalue weighted by Crippen LogP contribution is -1.95. The highest BCUT2D eigenvalue weighted by Gasteiger charge is 2.02. The summed E-state index contributed by atoms with van der Waals surface area (Å²) in [6.45, 7) is 4.22. The Kier molecular flexibility index (Phi) is 5.95. The normalized spacial score (nSPS) is 10.7. The second-order valence-corrected chi connectivity index (χ2v) is 6.01. The minimum absolute atomic E-state index is 0.168. The van der Waals surface area contributed by atoms with Crippen LogP contribution in [0, 0.1) is 5.82 Å². The van der Waals surface area contributed by atoms with E-state index in [0.717, 1.165) is 22.4 Å². The average Bonchev–Trinajstić information content (AvgIpc) is 2.72. The van der Waals surface area contributed by atoms with E-state index in [0.29, 0.717) is 12.2 Å². The standard InChI is InChI=1S/C24H19FO2/c1-2-18-3-5-20(6-4-18)17-27-23-14-7-19(8-15-23)9-16-24(26)21-10-12-22(25)13-11-21/h2-16H,1,17H2/b16-9+. The largest absolute Gasteiger partial charge is 0.489 e. The summed E-state index contributed by atoms with van der Waals surface area (Å²) >= 11 is 0. The molecule has 3 heteroatoms. The molecule has 0 aliphatic rings. The maximum Gasteiger partial charge on any atom is 0.185 e. The molecule has 0 N–H and O–H groups in total. The summed E-state index contributed by atoms with van der Waals surface area (Å²) in [5.41, 5.74) is 3.49. The van der Waals surface area contributed by atoms with E-state index in [9.17, 15) is 9.18 Å². The van der Waals surface area contributed by atoms with Gasteiger partial charge in [0.2, 0.25) is 0 Å². The van der Waals surface area contributed by atoms with Gasteiger partial charge in [0.25, 0.3) is 0 Å². The van der Waals surface area contributed by atoms with E-state index in [1.807, 2.05) is 48.5 Å². The Morgan fingerprint density at radius 1 is 0.889 bits per heavy atom. The van der Waals surface area contributed by atoms with Gasteiger partial charge >= 0.3 is 0 Å². The van der Waals surface area contributed by atoms with Crippen molar-refractivity contribution in [3.8, 4) is 5.75 Å². The maximum atomic E-state index is 12.9. The van der Waals surface area contributed by atoms with Gasteiger partial charge in [-0.25, -0.2) is 4.39 Å². The highest BCUT2D eigenvalue weighted by atomic mass is 19.1. The molecule has 0 aliphatic carbocycles. The van der Waals surface area contributed by atoms with Crippen molar-refractivity contribution in [1.82, 2.24) is 0 Å². The summed E-state index contributed by atoms with van der Waals surface area (Å²) < 4.78 is 18.7. The molecule has 0 amide bonds. The number of carbonyl (C=O) groups excluding carboxylic acids is 1. The third-order valence-electron chi connectivity index (χ3n) is 4.06. The molecule has 3 aromatic carbocycles. The molecule has 0 aliphatic heterocycles. The van der Waals surface area contributed by atoms with Crippen molar-refractivity contribution in [3.05, 3.63) is 114 Å². The van der Waals surface area contributed by atoms with Gasteiger partial charge < -0.3 is 4.74 Å². The summed E-state index contributed by atoms with van der Waals surface area (Å²) in [5, 5.41) is 0. The molecular weight excluding hydrogens is 339 g/mol. The number of rotatable bonds is 7. The number of hydrogen-bond donors (Lipinski definition) is 0. The number of hydrogen-bond acceptors (Lipinski definition) is 2. The molecule has 0 spiro atoms. The molecule has 0 atom stereocenters. The zero-order valence-electron chi connectivity index (χ0n) is 14.8. The SMILES string of the molecule is C=Cc1ccc(COc2ccc(/C=C/C(=O)c3ccc(F)cc3)cc2)cc1. The van der Waals surface area contributed by atoms with Gasteiger partial charge in [0.05, 0.1) is 0 Å². The lowest BCUT2D eigenvalue weighted by molar-refractivity contribution is 0.104. The molecule has 0 aromatic heterocycles. The topological polar surface area (TPSA) is 26.3 Å². The van der Waals surface area contributed by atoms with E-state index in [1.54, 1.807) is 12.2 Å². The van der Waals surface area contributed by atoms with Crippen LogP contribution in [0.1, 0.15) is 27.0 Å². The number of ketones is 1. The van der Waals surface area contributed by atoms with E-state index in [4.69, 9.17) is 4.74 Å². The van der Waals surface area contributed by atoms with Crippen LogP contribution in [0.3, 0.4) is 0 Å². The number of carbonyl (C=O) groups is 1. The first-order valence-electron chi connectivity index (χ1n) is 8.56. The fourth-order valence-corrected chi connectivity index (χ4v) is 2.47. The molecular formula is C24H19FO2. The molecule has 0 heterocycles. The van der Waals surface area contributed by atoms with Crippen molar-refractivity contribution in [2.75, 3.05) is 0 Å². The molecule has 134 valence electrons. The van der Waals surface area contributed by atoms with Gasteiger partial charge in [-0.05, 0) is 59.2 Å². The molecule has 27 heavy (non-hydrogen) atoms. The van der Waals surface area contributed by atoms with Crippen molar-refractivity contribution in [2.24, 2.45) is 0 Å². The van der Waals surface area contributed by atoms with E-state index >= 15 is 0 Å². The summed E-state index contributed by atoms with van der Waals surface area (Å²) in [6.07, 6.45) is 5.01. The molecule has 2 nitrogen and oxygen atoms in total. The van der Waals surface area contributed by atoms with Crippen LogP contribution in [0.4, 0.5) is 4.39 Å². The molecule has 0 saturated carbocycles. The van der Waals surface area contributed by atoms with Crippen LogP contribution in [-0.2, 0) is 6.61 Å². The van der Waals surface area contributed by atoms with Crippen LogP contribution in [0.15, 0.2) is 85.5 Å². The number of halogens is 1. The first kappa shape index (κ1) is 18.3. The van der Waals surface area contributed by atoms with Gasteiger partial charge in [0.15, 0.2) is 5.78 Å². The Bertz CT molecular complexity index is 937. The average molecular weight is 358 g/mol. The van der Waals surface area contributed by atoms with Gasteiger partial charge in [-0.3, -0.25) is 4.79 Å². The van der Waals surface area contributed by atoms with Crippen molar-refractivity contribution in [1.29, 1.82) is 0 Å². The maximum absolute atomic E-state index is 12.9. The highest BCUT2D eigenvalue weighted by molar-refractivity contribution is 6.06. The zero-order chi connectivity index (χ0) is 19.1. The minimum Gasteiger partial charge on any atom is -0.489 e. The Morgan fingerprint density at radius 2 is 1.52 bits per heavy atom. The lowest BCUT2D eigenvalue weighted by Gasteiger charge is -2.07. The smallest absolute Gasteiger partial charge is 0.185 e. The zero-order valence-corrected chi connectivity index (χ0v) is 14.8. The van der Waals surface area contributed by atoms with Gasteiger partial charge in [-0.15, -0.1) is 0 Å². The van der Waals surface area contributed by atoms with Crippen molar-refractivity contribution < 1.29 is 13.9 Å². The Balaban J connectivity index is 1.56. The van der Waals surface area contributed by atoms with Crippen LogP contribution < -0.4 is 4.74 Å². The van der Waals surface area contributed by atoms with E-state index in [1.165, 1.54) is 30.3 Å². The molecule has 3 rings (SSSR count). The molecule has 0 bridgehead atoms. The monoisotopic (exact) mass is 358 g/mol. The number of ether oxygens (including phenoxy) is 1. The summed E-state index contributed by atoms with van der Waals surface area (Å²) in [6, 6.07) is 21.0. The first-order chi connectivity index (χ1) is 13.1. The van der Waals surface area contributed by atoms with Crippen molar-refractivity contribution in [2.45, 2.75) is 6.61 Å². The molecule has 0 unspecified atom stereocenters.